The third-order valence-electron chi connectivity index (χ3n) is 4.06. The zero-order valence-corrected chi connectivity index (χ0v) is 14.0. The summed E-state index contributed by atoms with van der Waals surface area (Å²) in [5, 5.41) is 3.62. The lowest BCUT2D eigenvalue weighted by Gasteiger charge is -2.08. The number of aromatic nitrogens is 1. The minimum atomic E-state index is -0.640. The minimum absolute atomic E-state index is 0.132. The predicted octanol–water partition coefficient (Wildman–Crippen LogP) is 3.80. The topological polar surface area (TPSA) is 54.1 Å². The number of methoxy groups -OCH3 is 1. The normalized spacial score (nSPS) is 10.9. The van der Waals surface area contributed by atoms with Crippen molar-refractivity contribution in [3.8, 4) is 17.0 Å². The fourth-order valence-electron chi connectivity index (χ4n) is 2.90. The molecule has 1 amide bonds. The van der Waals surface area contributed by atoms with Crippen LogP contribution in [0.1, 0.15) is 12.5 Å². The van der Waals surface area contributed by atoms with Gasteiger partial charge in [-0.25, -0.2) is 8.78 Å². The highest BCUT2D eigenvalue weighted by Crippen LogP contribution is 2.34. The van der Waals surface area contributed by atoms with Crippen molar-refractivity contribution in [2.24, 2.45) is 0 Å². The van der Waals surface area contributed by atoms with Gasteiger partial charge in [-0.05, 0) is 42.3 Å². The molecule has 0 aliphatic rings. The Morgan fingerprint density at radius 1 is 1.20 bits per heavy atom. The second kappa shape index (κ2) is 6.93. The molecular weight excluding hydrogens is 326 g/mol. The highest BCUT2D eigenvalue weighted by Gasteiger charge is 2.17. The molecule has 0 aliphatic heterocycles. The molecule has 0 bridgehead atoms. The van der Waals surface area contributed by atoms with E-state index in [2.05, 4.69) is 10.3 Å². The average Bonchev–Trinajstić information content (AvgIpc) is 2.92. The molecule has 25 heavy (non-hydrogen) atoms. The van der Waals surface area contributed by atoms with Gasteiger partial charge in [0.15, 0.2) is 0 Å². The van der Waals surface area contributed by atoms with E-state index < -0.39 is 11.6 Å². The Morgan fingerprint density at radius 3 is 2.68 bits per heavy atom. The van der Waals surface area contributed by atoms with E-state index in [1.807, 2.05) is 12.1 Å². The number of benzene rings is 2. The van der Waals surface area contributed by atoms with Gasteiger partial charge in [-0.2, -0.15) is 0 Å². The van der Waals surface area contributed by atoms with Crippen LogP contribution in [0.2, 0.25) is 0 Å². The number of H-pyrrole nitrogens is 1. The highest BCUT2D eigenvalue weighted by atomic mass is 19.1. The molecule has 2 aromatic carbocycles. The Bertz CT molecular complexity index is 935. The van der Waals surface area contributed by atoms with E-state index in [-0.39, 0.29) is 11.5 Å². The standard InChI is InChI=1S/C19H18F2N2O2/c1-11(24)22-8-7-14-16-10-13(25-2)4-6-18(16)23-19(14)15-5-3-12(20)9-17(15)21/h3-6,9-10,23H,7-8H2,1-2H3,(H,22,24). The molecule has 0 atom stereocenters. The Hall–Kier alpha value is -2.89. The first-order valence-electron chi connectivity index (χ1n) is 7.88. The lowest BCUT2D eigenvalue weighted by atomic mass is 10.0. The number of ether oxygens (including phenoxy) is 1. The molecule has 1 aromatic heterocycles. The van der Waals surface area contributed by atoms with E-state index in [4.69, 9.17) is 4.74 Å². The largest absolute Gasteiger partial charge is 0.497 e. The van der Waals surface area contributed by atoms with E-state index in [0.717, 1.165) is 22.5 Å². The summed E-state index contributed by atoms with van der Waals surface area (Å²) >= 11 is 0. The van der Waals surface area contributed by atoms with Crippen molar-refractivity contribution in [3.63, 3.8) is 0 Å². The summed E-state index contributed by atoms with van der Waals surface area (Å²) in [6, 6.07) is 9.01. The summed E-state index contributed by atoms with van der Waals surface area (Å²) in [5.41, 5.74) is 2.52. The zero-order valence-electron chi connectivity index (χ0n) is 14.0. The Kier molecular flexibility index (Phi) is 4.70. The highest BCUT2D eigenvalue weighted by molar-refractivity contribution is 5.92. The fraction of sp³-hybridized carbons (Fsp3) is 0.211. The number of amides is 1. The van der Waals surface area contributed by atoms with Gasteiger partial charge in [-0.15, -0.1) is 0 Å². The van der Waals surface area contributed by atoms with Gasteiger partial charge in [0.05, 0.1) is 12.8 Å². The summed E-state index contributed by atoms with van der Waals surface area (Å²) < 4.78 is 32.8. The number of halogens is 2. The SMILES string of the molecule is COc1ccc2[nH]c(-c3ccc(F)cc3F)c(CCNC(C)=O)c2c1. The Balaban J connectivity index is 2.13. The van der Waals surface area contributed by atoms with Crippen LogP contribution in [0.3, 0.4) is 0 Å². The summed E-state index contributed by atoms with van der Waals surface area (Å²) in [7, 11) is 1.57. The van der Waals surface area contributed by atoms with Crippen molar-refractivity contribution in [2.75, 3.05) is 13.7 Å². The predicted molar refractivity (Wildman–Crippen MR) is 92.6 cm³/mol. The van der Waals surface area contributed by atoms with Gasteiger partial charge in [-0.1, -0.05) is 0 Å². The number of nitrogens with one attached hydrogen (secondary N) is 2. The maximum atomic E-state index is 14.3. The van der Waals surface area contributed by atoms with Gasteiger partial charge in [0.2, 0.25) is 5.91 Å². The first-order chi connectivity index (χ1) is 12.0. The van der Waals surface area contributed by atoms with Crippen molar-refractivity contribution >= 4 is 16.8 Å². The van der Waals surface area contributed by atoms with Crippen LogP contribution in [0.15, 0.2) is 36.4 Å². The van der Waals surface area contributed by atoms with Crippen LogP contribution in [0, 0.1) is 11.6 Å². The second-order valence-electron chi connectivity index (χ2n) is 5.75. The fourth-order valence-corrected chi connectivity index (χ4v) is 2.90. The van der Waals surface area contributed by atoms with Gasteiger partial charge in [0.25, 0.3) is 0 Å². The number of carbonyl (C=O) groups excluding carboxylic acids is 1. The van der Waals surface area contributed by atoms with Crippen LogP contribution in [0.25, 0.3) is 22.2 Å². The molecule has 0 fully saturated rings. The third-order valence-corrected chi connectivity index (χ3v) is 4.06. The third kappa shape index (κ3) is 3.47. The molecule has 3 aromatic rings. The number of fused-ring (bicyclic) bond motifs is 1. The average molecular weight is 344 g/mol. The number of carbonyl (C=O) groups is 1. The quantitative estimate of drug-likeness (QED) is 0.740. The summed E-state index contributed by atoms with van der Waals surface area (Å²) in [6.07, 6.45) is 0.499. The molecule has 2 N–H and O–H groups in total. The molecule has 130 valence electrons. The van der Waals surface area contributed by atoms with E-state index in [1.54, 1.807) is 13.2 Å². The molecule has 0 spiro atoms. The second-order valence-corrected chi connectivity index (χ2v) is 5.75. The smallest absolute Gasteiger partial charge is 0.216 e. The van der Waals surface area contributed by atoms with Crippen LogP contribution in [0.4, 0.5) is 8.78 Å². The van der Waals surface area contributed by atoms with Gasteiger partial charge < -0.3 is 15.0 Å². The van der Waals surface area contributed by atoms with Gasteiger partial charge in [-0.3, -0.25) is 4.79 Å². The molecular formula is C19H18F2N2O2. The van der Waals surface area contributed by atoms with Crippen LogP contribution >= 0.6 is 0 Å². The molecule has 4 nitrogen and oxygen atoms in total. The van der Waals surface area contributed by atoms with Crippen molar-refractivity contribution < 1.29 is 18.3 Å². The molecule has 0 unspecified atom stereocenters. The van der Waals surface area contributed by atoms with E-state index >= 15 is 0 Å². The molecule has 0 aliphatic carbocycles. The summed E-state index contributed by atoms with van der Waals surface area (Å²) in [5.74, 6) is -0.719. The van der Waals surface area contributed by atoms with Crippen LogP contribution in [-0.2, 0) is 11.2 Å². The minimum Gasteiger partial charge on any atom is -0.497 e. The Labute approximate surface area is 143 Å². The number of rotatable bonds is 5. The molecule has 0 saturated carbocycles. The molecule has 6 heteroatoms. The van der Waals surface area contributed by atoms with Crippen molar-refractivity contribution in [3.05, 3.63) is 53.6 Å². The summed E-state index contributed by atoms with van der Waals surface area (Å²) in [6.45, 7) is 1.86. The lowest BCUT2D eigenvalue weighted by Crippen LogP contribution is -2.22. The van der Waals surface area contributed by atoms with Gasteiger partial charge >= 0.3 is 0 Å². The molecule has 0 radical (unpaired) electrons. The summed E-state index contributed by atoms with van der Waals surface area (Å²) in [4.78, 5) is 14.3. The molecule has 3 rings (SSSR count). The van der Waals surface area contributed by atoms with Crippen molar-refractivity contribution in [1.29, 1.82) is 0 Å². The first-order valence-corrected chi connectivity index (χ1v) is 7.88. The van der Waals surface area contributed by atoms with Crippen molar-refractivity contribution in [1.82, 2.24) is 10.3 Å². The van der Waals surface area contributed by atoms with Crippen LogP contribution in [-0.4, -0.2) is 24.5 Å². The monoisotopic (exact) mass is 344 g/mol. The number of aromatic amines is 1. The van der Waals surface area contributed by atoms with Crippen LogP contribution < -0.4 is 10.1 Å². The first kappa shape index (κ1) is 17.0. The number of hydrogen-bond donors (Lipinski definition) is 2. The van der Waals surface area contributed by atoms with Gasteiger partial charge in [0.1, 0.15) is 17.4 Å². The maximum absolute atomic E-state index is 14.3. The molecule has 0 saturated heterocycles. The van der Waals surface area contributed by atoms with Crippen LogP contribution in [0.5, 0.6) is 5.75 Å². The van der Waals surface area contributed by atoms with E-state index in [0.29, 0.717) is 24.4 Å². The van der Waals surface area contributed by atoms with E-state index in [1.165, 1.54) is 19.1 Å². The maximum Gasteiger partial charge on any atom is 0.216 e. The Morgan fingerprint density at radius 2 is 2.00 bits per heavy atom. The number of hydrogen-bond acceptors (Lipinski definition) is 2. The molecule has 1 heterocycles. The van der Waals surface area contributed by atoms with Gasteiger partial charge in [0, 0.05) is 36.0 Å². The lowest BCUT2D eigenvalue weighted by molar-refractivity contribution is -0.118. The zero-order chi connectivity index (χ0) is 18.0. The van der Waals surface area contributed by atoms with E-state index in [9.17, 15) is 13.6 Å². The van der Waals surface area contributed by atoms with Crippen molar-refractivity contribution in [2.45, 2.75) is 13.3 Å².